The summed E-state index contributed by atoms with van der Waals surface area (Å²) >= 11 is 0. The van der Waals surface area contributed by atoms with E-state index in [9.17, 15) is 9.90 Å². The Kier molecular flexibility index (Phi) is 4.54. The number of carbonyl (C=O) groups is 1. The zero-order valence-corrected chi connectivity index (χ0v) is 13.1. The Bertz CT molecular complexity index is 523. The molecule has 116 valence electrons. The van der Waals surface area contributed by atoms with Crippen molar-refractivity contribution in [2.45, 2.75) is 38.9 Å². The third kappa shape index (κ3) is 3.74. The van der Waals surface area contributed by atoms with E-state index in [0.29, 0.717) is 13.1 Å². The first-order chi connectivity index (χ1) is 9.81. The van der Waals surface area contributed by atoms with Crippen molar-refractivity contribution in [1.29, 1.82) is 0 Å². The van der Waals surface area contributed by atoms with Gasteiger partial charge in [-0.15, -0.1) is 0 Å². The number of likely N-dealkylation sites (N-methyl/N-ethyl adjacent to an activating group) is 1. The third-order valence-electron chi connectivity index (χ3n) is 3.40. The number of hydrogen-bond donors (Lipinski definition) is 2. The van der Waals surface area contributed by atoms with Crippen LogP contribution in [0.5, 0.6) is 0 Å². The van der Waals surface area contributed by atoms with Crippen LogP contribution in [0.25, 0.3) is 0 Å². The molecular weight excluding hydrogens is 268 g/mol. The molecule has 0 saturated carbocycles. The number of nitrogens with one attached hydrogen (secondary N) is 1. The van der Waals surface area contributed by atoms with E-state index in [2.05, 4.69) is 5.32 Å². The molecule has 0 fully saturated rings. The van der Waals surface area contributed by atoms with Gasteiger partial charge in [0.1, 0.15) is 5.60 Å². The molecule has 1 unspecified atom stereocenters. The van der Waals surface area contributed by atoms with Gasteiger partial charge in [-0.05, 0) is 51.4 Å². The number of carbonyl (C=O) groups excluding carboxylic acids is 1. The summed E-state index contributed by atoms with van der Waals surface area (Å²) in [4.78, 5) is 13.9. The molecule has 1 aromatic carbocycles. The molecule has 21 heavy (non-hydrogen) atoms. The van der Waals surface area contributed by atoms with E-state index >= 15 is 0 Å². The summed E-state index contributed by atoms with van der Waals surface area (Å²) in [7, 11) is 1.81. The standard InChI is InChI=1S/C16H24N2O3/c1-16(2,3)21-15(20)18-8-7-11-9-12(5-6-13(11)18)14(19)10-17-4/h5-6,9,14,17,19H,7-8,10H2,1-4H3. The highest BCUT2D eigenvalue weighted by atomic mass is 16.6. The van der Waals surface area contributed by atoms with Crippen LogP contribution in [-0.2, 0) is 11.2 Å². The number of anilines is 1. The minimum atomic E-state index is -0.532. The van der Waals surface area contributed by atoms with Gasteiger partial charge >= 0.3 is 6.09 Å². The van der Waals surface area contributed by atoms with E-state index in [1.807, 2.05) is 39.0 Å². The lowest BCUT2D eigenvalue weighted by atomic mass is 10.0. The van der Waals surface area contributed by atoms with Crippen LogP contribution in [0.3, 0.4) is 0 Å². The normalized spacial score (nSPS) is 15.8. The van der Waals surface area contributed by atoms with Crippen molar-refractivity contribution in [1.82, 2.24) is 5.32 Å². The summed E-state index contributed by atoms with van der Waals surface area (Å²) in [5, 5.41) is 13.0. The van der Waals surface area contributed by atoms with Crippen LogP contribution in [0.15, 0.2) is 18.2 Å². The zero-order chi connectivity index (χ0) is 15.6. The van der Waals surface area contributed by atoms with Gasteiger partial charge in [-0.2, -0.15) is 0 Å². The van der Waals surface area contributed by atoms with Crippen LogP contribution < -0.4 is 10.2 Å². The first-order valence-electron chi connectivity index (χ1n) is 7.28. The minimum absolute atomic E-state index is 0.315. The van der Waals surface area contributed by atoms with E-state index in [4.69, 9.17) is 4.74 Å². The molecule has 2 N–H and O–H groups in total. The first-order valence-corrected chi connectivity index (χ1v) is 7.28. The summed E-state index contributed by atoms with van der Waals surface area (Å²) in [6, 6.07) is 5.73. The summed E-state index contributed by atoms with van der Waals surface area (Å²) in [6.07, 6.45) is -0.0602. The molecule has 5 heteroatoms. The van der Waals surface area contributed by atoms with Crippen LogP contribution in [0, 0.1) is 0 Å². The maximum Gasteiger partial charge on any atom is 0.414 e. The lowest BCUT2D eigenvalue weighted by Crippen LogP contribution is -2.35. The molecule has 0 bridgehead atoms. The van der Waals surface area contributed by atoms with Crippen LogP contribution in [-0.4, -0.2) is 36.9 Å². The van der Waals surface area contributed by atoms with Crippen LogP contribution in [0.2, 0.25) is 0 Å². The predicted octanol–water partition coefficient (Wildman–Crippen LogP) is 2.24. The van der Waals surface area contributed by atoms with E-state index < -0.39 is 11.7 Å². The van der Waals surface area contributed by atoms with Gasteiger partial charge < -0.3 is 15.2 Å². The summed E-state index contributed by atoms with van der Waals surface area (Å²) in [6.45, 7) is 6.71. The number of benzene rings is 1. The largest absolute Gasteiger partial charge is 0.443 e. The maximum absolute atomic E-state index is 12.2. The van der Waals surface area contributed by atoms with Crippen LogP contribution >= 0.6 is 0 Å². The summed E-state index contributed by atoms with van der Waals surface area (Å²) in [5.41, 5.74) is 2.33. The van der Waals surface area contributed by atoms with Gasteiger partial charge in [-0.1, -0.05) is 12.1 Å². The van der Waals surface area contributed by atoms with Gasteiger partial charge in [-0.3, -0.25) is 4.90 Å². The maximum atomic E-state index is 12.2. The number of nitrogens with zero attached hydrogens (tertiary/aromatic N) is 1. The average Bonchev–Trinajstić information content (AvgIpc) is 2.79. The SMILES string of the molecule is CNCC(O)c1ccc2c(c1)CCN2C(=O)OC(C)(C)C. The molecule has 2 rings (SSSR count). The molecule has 5 nitrogen and oxygen atoms in total. The molecule has 0 radical (unpaired) electrons. The second-order valence-corrected chi connectivity index (χ2v) is 6.34. The van der Waals surface area contributed by atoms with Crippen LogP contribution in [0.1, 0.15) is 38.0 Å². The molecule has 1 aliphatic heterocycles. The molecule has 0 spiro atoms. The molecule has 1 aromatic rings. The third-order valence-corrected chi connectivity index (χ3v) is 3.40. The fourth-order valence-electron chi connectivity index (χ4n) is 2.45. The molecule has 1 heterocycles. The number of amides is 1. The Balaban J connectivity index is 2.16. The minimum Gasteiger partial charge on any atom is -0.443 e. The number of fused-ring (bicyclic) bond motifs is 1. The number of ether oxygens (including phenoxy) is 1. The van der Waals surface area contributed by atoms with E-state index in [-0.39, 0.29) is 6.09 Å². The fraction of sp³-hybridized carbons (Fsp3) is 0.562. The Morgan fingerprint density at radius 1 is 1.48 bits per heavy atom. The van der Waals surface area contributed by atoms with Crippen LogP contribution in [0.4, 0.5) is 10.5 Å². The highest BCUT2D eigenvalue weighted by molar-refractivity contribution is 5.90. The second kappa shape index (κ2) is 6.03. The topological polar surface area (TPSA) is 61.8 Å². The Morgan fingerprint density at radius 3 is 2.81 bits per heavy atom. The quantitative estimate of drug-likeness (QED) is 0.897. The second-order valence-electron chi connectivity index (χ2n) is 6.34. The van der Waals surface area contributed by atoms with Gasteiger partial charge in [0, 0.05) is 13.1 Å². The molecule has 0 saturated heterocycles. The molecular formula is C16H24N2O3. The highest BCUT2D eigenvalue weighted by Gasteiger charge is 2.29. The summed E-state index contributed by atoms with van der Waals surface area (Å²) in [5.74, 6) is 0. The number of rotatable bonds is 3. The molecule has 1 aliphatic rings. The van der Waals surface area contributed by atoms with E-state index in [1.165, 1.54) is 0 Å². The number of aliphatic hydroxyl groups is 1. The molecule has 0 aromatic heterocycles. The van der Waals surface area contributed by atoms with Gasteiger partial charge in [0.05, 0.1) is 11.8 Å². The van der Waals surface area contributed by atoms with Crippen molar-refractivity contribution in [3.05, 3.63) is 29.3 Å². The number of aliphatic hydroxyl groups excluding tert-OH is 1. The van der Waals surface area contributed by atoms with E-state index in [0.717, 1.165) is 23.2 Å². The van der Waals surface area contributed by atoms with Crippen molar-refractivity contribution >= 4 is 11.8 Å². The van der Waals surface area contributed by atoms with Crippen molar-refractivity contribution in [3.63, 3.8) is 0 Å². The van der Waals surface area contributed by atoms with Gasteiger partial charge in [0.2, 0.25) is 0 Å². The molecule has 1 atom stereocenters. The smallest absolute Gasteiger partial charge is 0.414 e. The Hall–Kier alpha value is -1.59. The number of hydrogen-bond acceptors (Lipinski definition) is 4. The fourth-order valence-corrected chi connectivity index (χ4v) is 2.45. The van der Waals surface area contributed by atoms with E-state index in [1.54, 1.807) is 11.9 Å². The lowest BCUT2D eigenvalue weighted by molar-refractivity contribution is 0.0584. The van der Waals surface area contributed by atoms with Crippen molar-refractivity contribution in [2.24, 2.45) is 0 Å². The average molecular weight is 292 g/mol. The summed E-state index contributed by atoms with van der Waals surface area (Å²) < 4.78 is 5.42. The van der Waals surface area contributed by atoms with Crippen molar-refractivity contribution in [2.75, 3.05) is 25.0 Å². The predicted molar refractivity (Wildman–Crippen MR) is 82.6 cm³/mol. The van der Waals surface area contributed by atoms with Gasteiger partial charge in [0.15, 0.2) is 0 Å². The van der Waals surface area contributed by atoms with Gasteiger partial charge in [-0.25, -0.2) is 4.79 Å². The van der Waals surface area contributed by atoms with Crippen molar-refractivity contribution < 1.29 is 14.6 Å². The molecule has 1 amide bonds. The Morgan fingerprint density at radius 2 is 2.19 bits per heavy atom. The zero-order valence-electron chi connectivity index (χ0n) is 13.1. The highest BCUT2D eigenvalue weighted by Crippen LogP contribution is 2.31. The van der Waals surface area contributed by atoms with Crippen molar-refractivity contribution in [3.8, 4) is 0 Å². The monoisotopic (exact) mass is 292 g/mol. The lowest BCUT2D eigenvalue weighted by Gasteiger charge is -2.25. The molecule has 0 aliphatic carbocycles. The first kappa shape index (κ1) is 15.8. The Labute approximate surface area is 125 Å². The van der Waals surface area contributed by atoms with Gasteiger partial charge in [0.25, 0.3) is 0 Å².